The number of rotatable bonds is 7. The molecule has 8 heteroatoms. The van der Waals surface area contributed by atoms with E-state index in [4.69, 9.17) is 0 Å². The second-order valence-electron chi connectivity index (χ2n) is 6.32. The average molecular weight is 341 g/mol. The summed E-state index contributed by atoms with van der Waals surface area (Å²) < 4.78 is 25.6. The zero-order valence-corrected chi connectivity index (χ0v) is 14.6. The normalized spacial score (nSPS) is 20.4. The molecule has 2 atom stereocenters. The van der Waals surface area contributed by atoms with Crippen molar-refractivity contribution in [2.24, 2.45) is 11.8 Å². The number of nitrogens with one attached hydrogen (secondary N) is 1. The van der Waals surface area contributed by atoms with Gasteiger partial charge in [0.1, 0.15) is 11.6 Å². The number of hydrogen-bond donors (Lipinski definition) is 2. The van der Waals surface area contributed by atoms with Gasteiger partial charge in [-0.1, -0.05) is 6.92 Å². The molecule has 2 unspecified atom stereocenters. The third kappa shape index (κ3) is 3.93. The van der Waals surface area contributed by atoms with Gasteiger partial charge in [0.2, 0.25) is 10.0 Å². The highest BCUT2D eigenvalue weighted by Crippen LogP contribution is 2.37. The minimum Gasteiger partial charge on any atom is -0.478 e. The Kier molecular flexibility index (Phi) is 4.84. The lowest BCUT2D eigenvalue weighted by molar-refractivity contribution is 0.0697. The van der Waals surface area contributed by atoms with Crippen LogP contribution in [-0.2, 0) is 10.0 Å². The van der Waals surface area contributed by atoms with Gasteiger partial charge < -0.3 is 10.4 Å². The smallest absolute Gasteiger partial charge is 0.335 e. The van der Waals surface area contributed by atoms with Gasteiger partial charge in [0.15, 0.2) is 0 Å². The van der Waals surface area contributed by atoms with Crippen molar-refractivity contribution in [3.63, 3.8) is 0 Å². The largest absolute Gasteiger partial charge is 0.478 e. The van der Waals surface area contributed by atoms with Crippen LogP contribution in [-0.4, -0.2) is 43.3 Å². The lowest BCUT2D eigenvalue weighted by atomic mass is 10.2. The van der Waals surface area contributed by atoms with Crippen molar-refractivity contribution in [1.82, 2.24) is 4.98 Å². The molecular formula is C15H23N3O4S. The summed E-state index contributed by atoms with van der Waals surface area (Å²) in [5, 5.41) is 11.7. The van der Waals surface area contributed by atoms with Gasteiger partial charge in [-0.3, -0.25) is 4.31 Å². The van der Waals surface area contributed by atoms with Gasteiger partial charge in [-0.15, -0.1) is 0 Å². The Balaban J connectivity index is 2.30. The molecule has 0 bridgehead atoms. The molecule has 1 aliphatic rings. The van der Waals surface area contributed by atoms with E-state index >= 15 is 0 Å². The van der Waals surface area contributed by atoms with Crippen LogP contribution in [0.1, 0.15) is 37.6 Å². The van der Waals surface area contributed by atoms with Crippen LogP contribution in [0.4, 0.5) is 11.6 Å². The number of aromatic carboxylic acids is 1. The molecule has 23 heavy (non-hydrogen) atoms. The second kappa shape index (κ2) is 6.35. The van der Waals surface area contributed by atoms with Crippen molar-refractivity contribution in [1.29, 1.82) is 0 Å². The van der Waals surface area contributed by atoms with E-state index in [1.165, 1.54) is 19.2 Å². The number of carboxylic acid groups (broad SMARTS) is 1. The fourth-order valence-electron chi connectivity index (χ4n) is 2.26. The average Bonchev–Trinajstić information content (AvgIpc) is 3.19. The third-order valence-electron chi connectivity index (χ3n) is 4.18. The van der Waals surface area contributed by atoms with E-state index in [-0.39, 0.29) is 11.4 Å². The number of carbonyl (C=O) groups is 1. The molecule has 1 heterocycles. The Labute approximate surface area is 136 Å². The van der Waals surface area contributed by atoms with E-state index in [1.54, 1.807) is 13.8 Å². The zero-order chi connectivity index (χ0) is 17.4. The van der Waals surface area contributed by atoms with Crippen LogP contribution in [0.25, 0.3) is 0 Å². The number of pyridine rings is 1. The van der Waals surface area contributed by atoms with Crippen LogP contribution < -0.4 is 9.62 Å². The minimum absolute atomic E-state index is 0.00662. The van der Waals surface area contributed by atoms with E-state index in [0.29, 0.717) is 24.2 Å². The van der Waals surface area contributed by atoms with Crippen LogP contribution in [0.2, 0.25) is 0 Å². The molecule has 1 fully saturated rings. The molecule has 0 radical (unpaired) electrons. The molecule has 1 aromatic heterocycles. The number of carboxylic acids is 1. The number of anilines is 2. The van der Waals surface area contributed by atoms with Crippen LogP contribution in [0.5, 0.6) is 0 Å². The van der Waals surface area contributed by atoms with Crippen molar-refractivity contribution in [2.45, 2.75) is 32.4 Å². The van der Waals surface area contributed by atoms with Crippen LogP contribution in [0.3, 0.4) is 0 Å². The first-order valence-electron chi connectivity index (χ1n) is 7.60. The Morgan fingerprint density at radius 1 is 1.48 bits per heavy atom. The standard InChI is InChI=1S/C15H23N3O4S/c1-9(2)23(21,22)18(4)14-7-11(15(19)20)6-13(17-14)16-8-12-5-10(12)3/h6-7,9-10,12H,5,8H2,1-4H3,(H,16,17)(H,19,20). The molecule has 0 aliphatic heterocycles. The zero-order valence-electron chi connectivity index (χ0n) is 13.8. The lowest BCUT2D eigenvalue weighted by Gasteiger charge is -2.22. The fraction of sp³-hybridized carbons (Fsp3) is 0.600. The molecule has 2 rings (SSSR count). The molecule has 0 spiro atoms. The van der Waals surface area contributed by atoms with Gasteiger partial charge in [0.25, 0.3) is 0 Å². The molecule has 0 saturated heterocycles. The molecule has 7 nitrogen and oxygen atoms in total. The van der Waals surface area contributed by atoms with Crippen molar-refractivity contribution in [3.05, 3.63) is 17.7 Å². The topological polar surface area (TPSA) is 99.6 Å². The highest BCUT2D eigenvalue weighted by atomic mass is 32.2. The number of aromatic nitrogens is 1. The highest BCUT2D eigenvalue weighted by Gasteiger charge is 2.32. The van der Waals surface area contributed by atoms with Gasteiger partial charge in [0, 0.05) is 13.6 Å². The van der Waals surface area contributed by atoms with E-state index < -0.39 is 21.2 Å². The maximum Gasteiger partial charge on any atom is 0.335 e. The summed E-state index contributed by atoms with van der Waals surface area (Å²) in [7, 11) is -2.18. The number of hydrogen-bond acceptors (Lipinski definition) is 5. The van der Waals surface area contributed by atoms with Crippen molar-refractivity contribution in [2.75, 3.05) is 23.2 Å². The summed E-state index contributed by atoms with van der Waals surface area (Å²) in [4.78, 5) is 15.6. The quantitative estimate of drug-likeness (QED) is 0.787. The Morgan fingerprint density at radius 2 is 2.09 bits per heavy atom. The summed E-state index contributed by atoms with van der Waals surface area (Å²) in [5.74, 6) is 0.584. The van der Waals surface area contributed by atoms with E-state index in [1.807, 2.05) is 0 Å². The Bertz CT molecular complexity index is 703. The summed E-state index contributed by atoms with van der Waals surface area (Å²) >= 11 is 0. The molecular weight excluding hydrogens is 318 g/mol. The summed E-state index contributed by atoms with van der Waals surface area (Å²) in [6.45, 7) is 6.00. The van der Waals surface area contributed by atoms with Gasteiger partial charge >= 0.3 is 5.97 Å². The van der Waals surface area contributed by atoms with E-state index in [2.05, 4.69) is 17.2 Å². The minimum atomic E-state index is -3.57. The SMILES string of the molecule is CC1CC1CNc1cc(C(=O)O)cc(N(C)S(=O)(=O)C(C)C)n1. The molecule has 128 valence electrons. The summed E-state index contributed by atoms with van der Waals surface area (Å²) in [5.41, 5.74) is 0.00662. The molecule has 0 amide bonds. The van der Waals surface area contributed by atoms with Crippen molar-refractivity contribution in [3.8, 4) is 0 Å². The second-order valence-corrected chi connectivity index (χ2v) is 8.84. The summed E-state index contributed by atoms with van der Waals surface area (Å²) in [6.07, 6.45) is 1.14. The highest BCUT2D eigenvalue weighted by molar-refractivity contribution is 7.93. The van der Waals surface area contributed by atoms with Gasteiger partial charge in [0.05, 0.1) is 10.8 Å². The molecule has 1 aromatic rings. The van der Waals surface area contributed by atoms with Gasteiger partial charge in [-0.25, -0.2) is 18.2 Å². The third-order valence-corrected chi connectivity index (χ3v) is 6.32. The number of sulfonamides is 1. The first-order valence-corrected chi connectivity index (χ1v) is 9.10. The first-order chi connectivity index (χ1) is 10.6. The Hall–Kier alpha value is -1.83. The monoisotopic (exact) mass is 341 g/mol. The van der Waals surface area contributed by atoms with Gasteiger partial charge in [-0.2, -0.15) is 0 Å². The first kappa shape index (κ1) is 17.5. The van der Waals surface area contributed by atoms with Crippen molar-refractivity contribution < 1.29 is 18.3 Å². The Morgan fingerprint density at radius 3 is 2.57 bits per heavy atom. The number of nitrogens with zero attached hydrogens (tertiary/aromatic N) is 2. The molecule has 2 N–H and O–H groups in total. The van der Waals surface area contributed by atoms with Crippen LogP contribution in [0.15, 0.2) is 12.1 Å². The van der Waals surface area contributed by atoms with E-state index in [9.17, 15) is 18.3 Å². The predicted octanol–water partition coefficient (Wildman–Crippen LogP) is 2.02. The van der Waals surface area contributed by atoms with Crippen LogP contribution >= 0.6 is 0 Å². The van der Waals surface area contributed by atoms with E-state index in [0.717, 1.165) is 10.7 Å². The van der Waals surface area contributed by atoms with Crippen molar-refractivity contribution >= 4 is 27.6 Å². The summed E-state index contributed by atoms with van der Waals surface area (Å²) in [6, 6.07) is 2.70. The predicted molar refractivity (Wildman–Crippen MR) is 89.4 cm³/mol. The molecule has 1 aliphatic carbocycles. The van der Waals surface area contributed by atoms with Crippen LogP contribution in [0, 0.1) is 11.8 Å². The van der Waals surface area contributed by atoms with Gasteiger partial charge in [-0.05, 0) is 44.2 Å². The molecule has 0 aromatic carbocycles. The lowest BCUT2D eigenvalue weighted by Crippen LogP contribution is -2.33. The maximum atomic E-state index is 12.3. The fourth-order valence-corrected chi connectivity index (χ4v) is 3.24. The maximum absolute atomic E-state index is 12.3. The molecule has 1 saturated carbocycles.